The number of nitrogens with one attached hydrogen (secondary N) is 1. The Labute approximate surface area is 102 Å². The second-order valence-electron chi connectivity index (χ2n) is 3.67. The molecule has 0 aliphatic rings. The maximum atomic E-state index is 10.9. The molecule has 2 heterocycles. The number of rotatable bonds is 3. The zero-order valence-corrected chi connectivity index (χ0v) is 10.5. The molecule has 2 aromatic rings. The molecule has 0 saturated heterocycles. The molecule has 0 saturated carbocycles. The first-order valence-electron chi connectivity index (χ1n) is 4.95. The highest BCUT2D eigenvalue weighted by molar-refractivity contribution is 7.17. The number of aromatic carboxylic acids is 1. The van der Waals surface area contributed by atoms with Gasteiger partial charge in [0.05, 0.1) is 17.1 Å². The summed E-state index contributed by atoms with van der Waals surface area (Å²) in [5.74, 6) is -0.948. The molecular weight excluding hydrogens is 240 g/mol. The van der Waals surface area contributed by atoms with Crippen LogP contribution >= 0.6 is 11.3 Å². The first kappa shape index (κ1) is 11.6. The van der Waals surface area contributed by atoms with E-state index in [1.807, 2.05) is 20.2 Å². The van der Waals surface area contributed by atoms with Crippen molar-refractivity contribution in [3.63, 3.8) is 0 Å². The molecule has 2 aromatic heterocycles. The SMILES string of the molecule is Cc1nn(C)cc1Nc1nc(C)c(C(=O)O)s1. The Kier molecular flexibility index (Phi) is 2.84. The fourth-order valence-electron chi connectivity index (χ4n) is 1.49. The minimum Gasteiger partial charge on any atom is -0.477 e. The monoisotopic (exact) mass is 252 g/mol. The van der Waals surface area contributed by atoms with Crippen LogP contribution in [0.1, 0.15) is 21.1 Å². The zero-order chi connectivity index (χ0) is 12.6. The lowest BCUT2D eigenvalue weighted by atomic mass is 10.4. The van der Waals surface area contributed by atoms with E-state index < -0.39 is 5.97 Å². The van der Waals surface area contributed by atoms with Gasteiger partial charge in [0.25, 0.3) is 0 Å². The maximum Gasteiger partial charge on any atom is 0.347 e. The van der Waals surface area contributed by atoms with Gasteiger partial charge in [-0.05, 0) is 13.8 Å². The van der Waals surface area contributed by atoms with Gasteiger partial charge in [-0.3, -0.25) is 4.68 Å². The van der Waals surface area contributed by atoms with Gasteiger partial charge >= 0.3 is 5.97 Å². The molecule has 0 fully saturated rings. The summed E-state index contributed by atoms with van der Waals surface area (Å²) in [6.45, 7) is 3.56. The number of carbonyl (C=O) groups is 1. The highest BCUT2D eigenvalue weighted by atomic mass is 32.1. The lowest BCUT2D eigenvalue weighted by Gasteiger charge is -1.97. The summed E-state index contributed by atoms with van der Waals surface area (Å²) >= 11 is 1.12. The third-order valence-electron chi connectivity index (χ3n) is 2.25. The molecule has 0 radical (unpaired) electrons. The Morgan fingerprint density at radius 2 is 2.18 bits per heavy atom. The number of carboxylic acids is 1. The highest BCUT2D eigenvalue weighted by Crippen LogP contribution is 2.26. The summed E-state index contributed by atoms with van der Waals surface area (Å²) < 4.78 is 1.69. The molecule has 0 spiro atoms. The quantitative estimate of drug-likeness (QED) is 0.872. The van der Waals surface area contributed by atoms with Crippen molar-refractivity contribution in [1.82, 2.24) is 14.8 Å². The summed E-state index contributed by atoms with van der Waals surface area (Å²) in [5.41, 5.74) is 2.20. The maximum absolute atomic E-state index is 10.9. The molecule has 2 N–H and O–H groups in total. The minimum atomic E-state index is -0.948. The van der Waals surface area contributed by atoms with Gasteiger partial charge in [-0.15, -0.1) is 0 Å². The average Bonchev–Trinajstić information content (AvgIpc) is 2.71. The summed E-state index contributed by atoms with van der Waals surface area (Å²) in [5, 5.41) is 16.8. The molecule has 2 rings (SSSR count). The molecule has 0 atom stereocenters. The van der Waals surface area contributed by atoms with E-state index in [1.54, 1.807) is 11.6 Å². The van der Waals surface area contributed by atoms with Crippen molar-refractivity contribution in [2.75, 3.05) is 5.32 Å². The number of aryl methyl sites for hydroxylation is 3. The third kappa shape index (κ3) is 2.28. The van der Waals surface area contributed by atoms with Crippen LogP contribution in [0.15, 0.2) is 6.20 Å². The van der Waals surface area contributed by atoms with E-state index >= 15 is 0 Å². The van der Waals surface area contributed by atoms with Crippen LogP contribution in [0.4, 0.5) is 10.8 Å². The highest BCUT2D eigenvalue weighted by Gasteiger charge is 2.14. The van der Waals surface area contributed by atoms with Gasteiger partial charge in [0.15, 0.2) is 5.13 Å². The fraction of sp³-hybridized carbons (Fsp3) is 0.300. The Hall–Kier alpha value is -1.89. The van der Waals surface area contributed by atoms with Crippen molar-refractivity contribution in [1.29, 1.82) is 0 Å². The molecular formula is C10H12N4O2S. The van der Waals surface area contributed by atoms with Crippen LogP contribution in [0.5, 0.6) is 0 Å². The first-order chi connectivity index (χ1) is 7.97. The first-order valence-corrected chi connectivity index (χ1v) is 5.77. The lowest BCUT2D eigenvalue weighted by molar-refractivity contribution is 0.0701. The largest absolute Gasteiger partial charge is 0.477 e. The predicted octanol–water partition coefficient (Wildman–Crippen LogP) is 1.94. The van der Waals surface area contributed by atoms with Crippen molar-refractivity contribution in [3.8, 4) is 0 Å². The Balaban J connectivity index is 2.28. The molecule has 90 valence electrons. The Bertz CT molecular complexity index is 573. The van der Waals surface area contributed by atoms with E-state index in [0.717, 1.165) is 22.7 Å². The van der Waals surface area contributed by atoms with Crippen molar-refractivity contribution >= 4 is 28.1 Å². The molecule has 0 aromatic carbocycles. The van der Waals surface area contributed by atoms with E-state index in [1.165, 1.54) is 0 Å². The summed E-state index contributed by atoms with van der Waals surface area (Å²) in [4.78, 5) is 15.3. The predicted molar refractivity (Wildman–Crippen MR) is 65.0 cm³/mol. The van der Waals surface area contributed by atoms with Crippen LogP contribution in [-0.2, 0) is 7.05 Å². The van der Waals surface area contributed by atoms with Crippen LogP contribution in [0.2, 0.25) is 0 Å². The van der Waals surface area contributed by atoms with Crippen LogP contribution in [-0.4, -0.2) is 25.8 Å². The number of hydrogen-bond donors (Lipinski definition) is 2. The van der Waals surface area contributed by atoms with E-state index in [2.05, 4.69) is 15.4 Å². The number of thiazole rings is 1. The summed E-state index contributed by atoms with van der Waals surface area (Å²) in [7, 11) is 1.83. The molecule has 7 heteroatoms. The van der Waals surface area contributed by atoms with Crippen molar-refractivity contribution < 1.29 is 9.90 Å². The smallest absolute Gasteiger partial charge is 0.347 e. The van der Waals surface area contributed by atoms with Crippen molar-refractivity contribution in [2.45, 2.75) is 13.8 Å². The number of nitrogens with zero attached hydrogens (tertiary/aromatic N) is 3. The molecule has 0 aliphatic carbocycles. The standard InChI is InChI=1S/C10H12N4O2S/c1-5-7(4-14(3)13-5)12-10-11-6(2)8(17-10)9(15)16/h4H,1-3H3,(H,11,12)(H,15,16). The number of carboxylic acid groups (broad SMARTS) is 1. The second kappa shape index (κ2) is 4.17. The zero-order valence-electron chi connectivity index (χ0n) is 9.68. The van der Waals surface area contributed by atoms with Crippen LogP contribution in [0.3, 0.4) is 0 Å². The topological polar surface area (TPSA) is 80.0 Å². The summed E-state index contributed by atoms with van der Waals surface area (Å²) in [6, 6.07) is 0. The third-order valence-corrected chi connectivity index (χ3v) is 3.31. The Morgan fingerprint density at radius 3 is 2.65 bits per heavy atom. The van der Waals surface area contributed by atoms with Gasteiger partial charge in [0.1, 0.15) is 4.88 Å². The van der Waals surface area contributed by atoms with Gasteiger partial charge in [-0.1, -0.05) is 11.3 Å². The van der Waals surface area contributed by atoms with Crippen molar-refractivity contribution in [2.24, 2.45) is 7.05 Å². The van der Waals surface area contributed by atoms with Crippen LogP contribution in [0.25, 0.3) is 0 Å². The average molecular weight is 252 g/mol. The molecule has 0 bridgehead atoms. The normalized spacial score (nSPS) is 10.5. The van der Waals surface area contributed by atoms with E-state index in [4.69, 9.17) is 5.11 Å². The molecule has 17 heavy (non-hydrogen) atoms. The van der Waals surface area contributed by atoms with Gasteiger partial charge in [0, 0.05) is 13.2 Å². The van der Waals surface area contributed by atoms with E-state index in [-0.39, 0.29) is 4.88 Å². The van der Waals surface area contributed by atoms with Crippen LogP contribution < -0.4 is 5.32 Å². The van der Waals surface area contributed by atoms with Crippen molar-refractivity contribution in [3.05, 3.63) is 22.5 Å². The molecule has 0 amide bonds. The van der Waals surface area contributed by atoms with E-state index in [9.17, 15) is 4.79 Å². The van der Waals surface area contributed by atoms with Gasteiger partial charge < -0.3 is 10.4 Å². The number of anilines is 2. The Morgan fingerprint density at radius 1 is 1.47 bits per heavy atom. The number of aromatic nitrogens is 3. The minimum absolute atomic E-state index is 0.258. The fourth-order valence-corrected chi connectivity index (χ4v) is 2.30. The van der Waals surface area contributed by atoms with Gasteiger partial charge in [0.2, 0.25) is 0 Å². The second-order valence-corrected chi connectivity index (χ2v) is 4.66. The van der Waals surface area contributed by atoms with Gasteiger partial charge in [-0.25, -0.2) is 9.78 Å². The number of hydrogen-bond acceptors (Lipinski definition) is 5. The molecule has 0 aliphatic heterocycles. The lowest BCUT2D eigenvalue weighted by Crippen LogP contribution is -1.94. The van der Waals surface area contributed by atoms with Gasteiger partial charge in [-0.2, -0.15) is 5.10 Å². The van der Waals surface area contributed by atoms with E-state index in [0.29, 0.717) is 10.8 Å². The van der Waals surface area contributed by atoms with Crippen LogP contribution in [0, 0.1) is 13.8 Å². The summed E-state index contributed by atoms with van der Waals surface area (Å²) in [6.07, 6.45) is 1.83. The molecule has 6 nitrogen and oxygen atoms in total. The molecule has 0 unspecified atom stereocenters.